The number of anilines is 1. The van der Waals surface area contributed by atoms with E-state index in [0.29, 0.717) is 33.2 Å². The predicted octanol–water partition coefficient (Wildman–Crippen LogP) is 2.20. The molecule has 2 N–H and O–H groups in total. The van der Waals surface area contributed by atoms with Gasteiger partial charge in [-0.15, -0.1) is 11.3 Å². The molecule has 1 atom stereocenters. The highest BCUT2D eigenvalue weighted by Crippen LogP contribution is 2.22. The second kappa shape index (κ2) is 9.38. The first kappa shape index (κ1) is 22.3. The molecule has 0 spiro atoms. The lowest BCUT2D eigenvalue weighted by atomic mass is 10.2. The Kier molecular flexibility index (Phi) is 5.97. The van der Waals surface area contributed by atoms with Crippen molar-refractivity contribution in [3.8, 4) is 0 Å². The van der Waals surface area contributed by atoms with E-state index in [1.165, 1.54) is 30.2 Å². The van der Waals surface area contributed by atoms with Gasteiger partial charge in [-0.05, 0) is 24.6 Å². The maximum atomic E-state index is 12.8. The van der Waals surface area contributed by atoms with E-state index < -0.39 is 6.04 Å². The molecule has 0 aliphatic heterocycles. The Labute approximate surface area is 203 Å². The van der Waals surface area contributed by atoms with Crippen LogP contribution in [0.15, 0.2) is 55.6 Å². The van der Waals surface area contributed by atoms with Crippen molar-refractivity contribution < 1.29 is 9.59 Å². The van der Waals surface area contributed by atoms with E-state index in [1.807, 2.05) is 24.3 Å². The summed E-state index contributed by atoms with van der Waals surface area (Å²) in [6, 6.07) is 7.08. The van der Waals surface area contributed by atoms with Crippen molar-refractivity contribution in [2.75, 3.05) is 5.32 Å². The van der Waals surface area contributed by atoms with Gasteiger partial charge in [-0.25, -0.2) is 24.6 Å². The summed E-state index contributed by atoms with van der Waals surface area (Å²) >= 11 is 1.21. The van der Waals surface area contributed by atoms with Crippen molar-refractivity contribution in [2.45, 2.75) is 19.5 Å². The van der Waals surface area contributed by atoms with Crippen molar-refractivity contribution in [1.29, 1.82) is 0 Å². The zero-order chi connectivity index (χ0) is 24.4. The van der Waals surface area contributed by atoms with E-state index in [2.05, 4.69) is 40.8 Å². The standard InChI is InChI=1S/C22H20N10O2S/c1-13(29-21(34)18-16-7-27-31(2)19(16)26-11-25-18)22-24-8-17(35-22)20(33)30-15-5-3-4-14(6-15)9-32-12-23-10-28-32/h3-8,10-13H,9H2,1-2H3,(H,29,34)(H,30,33). The fraction of sp³-hybridized carbons (Fsp3) is 0.182. The quantitative estimate of drug-likeness (QED) is 0.355. The molecule has 13 heteroatoms. The third-order valence-corrected chi connectivity index (χ3v) is 6.38. The lowest BCUT2D eigenvalue weighted by Gasteiger charge is -2.11. The van der Waals surface area contributed by atoms with Crippen molar-refractivity contribution >= 4 is 39.9 Å². The van der Waals surface area contributed by atoms with Crippen molar-refractivity contribution in [2.24, 2.45) is 7.05 Å². The molecule has 1 unspecified atom stereocenters. The number of thiazole rings is 1. The van der Waals surface area contributed by atoms with Crippen LogP contribution in [0.2, 0.25) is 0 Å². The number of hydrogen-bond acceptors (Lipinski definition) is 9. The molecular weight excluding hydrogens is 468 g/mol. The Bertz CT molecular complexity index is 1510. The van der Waals surface area contributed by atoms with Crippen LogP contribution < -0.4 is 10.6 Å². The van der Waals surface area contributed by atoms with Crippen LogP contribution in [0.3, 0.4) is 0 Å². The first-order chi connectivity index (χ1) is 17.0. The number of fused-ring (bicyclic) bond motifs is 1. The van der Waals surface area contributed by atoms with Gasteiger partial charge < -0.3 is 10.6 Å². The Hall–Kier alpha value is -4.52. The zero-order valence-corrected chi connectivity index (χ0v) is 19.6. The molecule has 176 valence electrons. The number of hydrogen-bond donors (Lipinski definition) is 2. The van der Waals surface area contributed by atoms with E-state index in [0.717, 1.165) is 5.56 Å². The largest absolute Gasteiger partial charge is 0.342 e. The molecule has 5 aromatic rings. The Morgan fingerprint density at radius 2 is 1.97 bits per heavy atom. The smallest absolute Gasteiger partial charge is 0.271 e. The van der Waals surface area contributed by atoms with Crippen LogP contribution in [-0.4, -0.2) is 51.3 Å². The average molecular weight is 489 g/mol. The lowest BCUT2D eigenvalue weighted by Crippen LogP contribution is -2.27. The maximum absolute atomic E-state index is 12.8. The van der Waals surface area contributed by atoms with Gasteiger partial charge in [0, 0.05) is 12.7 Å². The Morgan fingerprint density at radius 3 is 2.80 bits per heavy atom. The lowest BCUT2D eigenvalue weighted by molar-refractivity contribution is 0.0936. The van der Waals surface area contributed by atoms with Gasteiger partial charge in [0.2, 0.25) is 0 Å². The Morgan fingerprint density at radius 1 is 1.09 bits per heavy atom. The number of carbonyl (C=O) groups is 2. The van der Waals surface area contributed by atoms with Crippen LogP contribution in [0, 0.1) is 0 Å². The summed E-state index contributed by atoms with van der Waals surface area (Å²) in [5.41, 5.74) is 2.43. The van der Waals surface area contributed by atoms with Crippen LogP contribution in [0.25, 0.3) is 11.0 Å². The minimum atomic E-state index is -0.429. The number of amides is 2. The zero-order valence-electron chi connectivity index (χ0n) is 18.8. The summed E-state index contributed by atoms with van der Waals surface area (Å²) in [5.74, 6) is -0.652. The number of aromatic nitrogens is 8. The first-order valence-electron chi connectivity index (χ1n) is 10.6. The number of nitrogens with one attached hydrogen (secondary N) is 2. The van der Waals surface area contributed by atoms with Gasteiger partial charge in [0.25, 0.3) is 11.8 Å². The number of aryl methyl sites for hydroxylation is 1. The van der Waals surface area contributed by atoms with Crippen molar-refractivity contribution in [3.63, 3.8) is 0 Å². The molecule has 2 amide bonds. The van der Waals surface area contributed by atoms with Gasteiger partial charge in [0.15, 0.2) is 5.65 Å². The molecule has 0 saturated heterocycles. The second-order valence-electron chi connectivity index (χ2n) is 7.73. The molecule has 5 rings (SSSR count). The predicted molar refractivity (Wildman–Crippen MR) is 128 cm³/mol. The third-order valence-electron chi connectivity index (χ3n) is 5.21. The van der Waals surface area contributed by atoms with Gasteiger partial charge in [0.1, 0.15) is 34.6 Å². The maximum Gasteiger partial charge on any atom is 0.271 e. The highest BCUT2D eigenvalue weighted by atomic mass is 32.1. The molecule has 35 heavy (non-hydrogen) atoms. The summed E-state index contributed by atoms with van der Waals surface area (Å²) in [7, 11) is 1.75. The topological polar surface area (TPSA) is 145 Å². The Balaban J connectivity index is 1.24. The highest BCUT2D eigenvalue weighted by molar-refractivity contribution is 7.13. The van der Waals surface area contributed by atoms with Gasteiger partial charge in [-0.1, -0.05) is 12.1 Å². The number of benzene rings is 1. The SMILES string of the molecule is CC(NC(=O)c1ncnc2c1cnn2C)c1ncc(C(=O)Nc2cccc(Cn3cncn3)c2)s1. The van der Waals surface area contributed by atoms with Gasteiger partial charge in [-0.2, -0.15) is 10.2 Å². The van der Waals surface area contributed by atoms with Crippen LogP contribution in [0.1, 0.15) is 43.7 Å². The number of nitrogens with zero attached hydrogens (tertiary/aromatic N) is 8. The number of rotatable bonds is 7. The fourth-order valence-electron chi connectivity index (χ4n) is 3.50. The molecule has 0 aliphatic rings. The van der Waals surface area contributed by atoms with Crippen LogP contribution in [0.5, 0.6) is 0 Å². The van der Waals surface area contributed by atoms with Crippen LogP contribution in [-0.2, 0) is 13.6 Å². The highest BCUT2D eigenvalue weighted by Gasteiger charge is 2.20. The number of carbonyl (C=O) groups excluding carboxylic acids is 2. The monoisotopic (exact) mass is 488 g/mol. The molecule has 0 aliphatic carbocycles. The molecule has 4 heterocycles. The third kappa shape index (κ3) is 4.75. The second-order valence-corrected chi connectivity index (χ2v) is 8.80. The average Bonchev–Trinajstić information content (AvgIpc) is 3.61. The van der Waals surface area contributed by atoms with E-state index in [4.69, 9.17) is 0 Å². The molecule has 0 radical (unpaired) electrons. The minimum absolute atomic E-state index is 0.232. The normalized spacial score (nSPS) is 11.9. The van der Waals surface area contributed by atoms with Crippen LogP contribution >= 0.6 is 11.3 Å². The molecular formula is C22H20N10O2S. The van der Waals surface area contributed by atoms with E-state index in [9.17, 15) is 9.59 Å². The van der Waals surface area contributed by atoms with Crippen molar-refractivity contribution in [1.82, 2.24) is 44.8 Å². The summed E-state index contributed by atoms with van der Waals surface area (Å²) in [4.78, 5) is 42.6. The summed E-state index contributed by atoms with van der Waals surface area (Å²) in [6.45, 7) is 2.34. The summed E-state index contributed by atoms with van der Waals surface area (Å²) < 4.78 is 3.28. The van der Waals surface area contributed by atoms with E-state index >= 15 is 0 Å². The van der Waals surface area contributed by atoms with Gasteiger partial charge >= 0.3 is 0 Å². The van der Waals surface area contributed by atoms with Gasteiger partial charge in [-0.3, -0.25) is 14.3 Å². The van der Waals surface area contributed by atoms with Crippen LogP contribution in [0.4, 0.5) is 5.69 Å². The van der Waals surface area contributed by atoms with E-state index in [1.54, 1.807) is 35.9 Å². The molecule has 0 saturated carbocycles. The van der Waals surface area contributed by atoms with Crippen molar-refractivity contribution in [3.05, 3.63) is 76.8 Å². The van der Waals surface area contributed by atoms with E-state index in [-0.39, 0.29) is 17.5 Å². The molecule has 12 nitrogen and oxygen atoms in total. The summed E-state index contributed by atoms with van der Waals surface area (Å²) in [5, 5.41) is 15.2. The fourth-order valence-corrected chi connectivity index (χ4v) is 4.32. The first-order valence-corrected chi connectivity index (χ1v) is 11.4. The minimum Gasteiger partial charge on any atom is -0.342 e. The molecule has 0 fully saturated rings. The summed E-state index contributed by atoms with van der Waals surface area (Å²) in [6.07, 6.45) is 7.50. The molecule has 4 aromatic heterocycles. The molecule has 1 aromatic carbocycles. The molecule has 0 bridgehead atoms. The van der Waals surface area contributed by atoms with Gasteiger partial charge in [0.05, 0.1) is 30.4 Å².